The van der Waals surface area contributed by atoms with Gasteiger partial charge in [-0.05, 0) is 36.4 Å². The molecule has 106 valence electrons. The lowest BCUT2D eigenvalue weighted by Crippen LogP contribution is -2.12. The molecule has 1 amide bonds. The number of hydrogen-bond donors (Lipinski definition) is 2. The van der Waals surface area contributed by atoms with Crippen LogP contribution in [0.4, 0.5) is 5.69 Å². The summed E-state index contributed by atoms with van der Waals surface area (Å²) in [4.78, 5) is 12.1. The summed E-state index contributed by atoms with van der Waals surface area (Å²) in [5, 5.41) is 21.4. The van der Waals surface area contributed by atoms with E-state index in [4.69, 9.17) is 10.00 Å². The predicted molar refractivity (Wildman–Crippen MR) is 81.5 cm³/mol. The zero-order chi connectivity index (χ0) is 15.4. The van der Waals surface area contributed by atoms with Crippen molar-refractivity contribution in [3.05, 3.63) is 52.0 Å². The molecule has 0 unspecified atom stereocenters. The number of phenolic OH excluding ortho intramolecular Hbond substituents is 1. The third-order valence-electron chi connectivity index (χ3n) is 2.79. The molecule has 0 fully saturated rings. The second kappa shape index (κ2) is 6.29. The number of ether oxygens (including phenoxy) is 1. The lowest BCUT2D eigenvalue weighted by Gasteiger charge is -2.09. The maximum absolute atomic E-state index is 12.1. The van der Waals surface area contributed by atoms with Gasteiger partial charge in [0.15, 0.2) is 11.5 Å². The average molecular weight is 347 g/mol. The first kappa shape index (κ1) is 14.9. The molecule has 0 bridgehead atoms. The van der Waals surface area contributed by atoms with E-state index < -0.39 is 5.91 Å². The molecular weight excluding hydrogens is 336 g/mol. The van der Waals surface area contributed by atoms with Gasteiger partial charge in [-0.15, -0.1) is 0 Å². The van der Waals surface area contributed by atoms with Gasteiger partial charge >= 0.3 is 0 Å². The largest absolute Gasteiger partial charge is 0.504 e. The highest BCUT2D eigenvalue weighted by atomic mass is 79.9. The first-order valence-corrected chi connectivity index (χ1v) is 6.72. The van der Waals surface area contributed by atoms with Gasteiger partial charge in [-0.3, -0.25) is 4.79 Å². The Morgan fingerprint density at radius 3 is 2.71 bits per heavy atom. The summed E-state index contributed by atoms with van der Waals surface area (Å²) in [7, 11) is 1.43. The number of carbonyl (C=O) groups excluding carboxylic acids is 1. The number of rotatable bonds is 3. The van der Waals surface area contributed by atoms with Gasteiger partial charge < -0.3 is 15.2 Å². The summed E-state index contributed by atoms with van der Waals surface area (Å²) in [6.45, 7) is 0. The van der Waals surface area contributed by atoms with E-state index in [0.717, 1.165) is 4.47 Å². The summed E-state index contributed by atoms with van der Waals surface area (Å²) < 4.78 is 5.67. The highest BCUT2D eigenvalue weighted by Gasteiger charge is 2.12. The predicted octanol–water partition coefficient (Wildman–Crippen LogP) is 3.29. The summed E-state index contributed by atoms with van der Waals surface area (Å²) >= 11 is 3.26. The third-order valence-corrected chi connectivity index (χ3v) is 3.28. The lowest BCUT2D eigenvalue weighted by atomic mass is 10.1. The third kappa shape index (κ3) is 3.33. The first-order valence-electron chi connectivity index (χ1n) is 5.93. The molecule has 0 aliphatic heterocycles. The molecule has 6 heteroatoms. The fourth-order valence-corrected chi connectivity index (χ4v) is 2.10. The van der Waals surface area contributed by atoms with E-state index in [1.54, 1.807) is 18.2 Å². The number of benzene rings is 2. The molecule has 2 aromatic carbocycles. The zero-order valence-corrected chi connectivity index (χ0v) is 12.6. The molecule has 0 heterocycles. The van der Waals surface area contributed by atoms with Crippen LogP contribution in [0.25, 0.3) is 0 Å². The Hall–Kier alpha value is -2.52. The molecule has 0 saturated heterocycles. The Morgan fingerprint density at radius 2 is 2.10 bits per heavy atom. The Bertz CT molecular complexity index is 738. The number of nitrogens with zero attached hydrogens (tertiary/aromatic N) is 1. The van der Waals surface area contributed by atoms with E-state index in [0.29, 0.717) is 11.3 Å². The molecule has 0 aliphatic carbocycles. The molecule has 2 aromatic rings. The van der Waals surface area contributed by atoms with Crippen molar-refractivity contribution in [2.24, 2.45) is 0 Å². The van der Waals surface area contributed by atoms with Crippen LogP contribution in [-0.2, 0) is 0 Å². The van der Waals surface area contributed by atoms with Crippen molar-refractivity contribution in [1.82, 2.24) is 0 Å². The molecule has 5 nitrogen and oxygen atoms in total. The van der Waals surface area contributed by atoms with E-state index in [1.807, 2.05) is 6.07 Å². The second-order valence-corrected chi connectivity index (χ2v) is 5.06. The number of amides is 1. The minimum atomic E-state index is -0.424. The molecule has 0 aromatic heterocycles. The van der Waals surface area contributed by atoms with Crippen LogP contribution in [0, 0.1) is 11.3 Å². The van der Waals surface area contributed by atoms with Gasteiger partial charge in [-0.1, -0.05) is 15.9 Å². The zero-order valence-electron chi connectivity index (χ0n) is 11.1. The number of halogens is 1. The van der Waals surface area contributed by atoms with Crippen molar-refractivity contribution in [3.8, 4) is 17.6 Å². The molecular formula is C15H11BrN2O3. The van der Waals surface area contributed by atoms with Crippen LogP contribution < -0.4 is 10.1 Å². The van der Waals surface area contributed by atoms with Gasteiger partial charge in [0.25, 0.3) is 5.91 Å². The summed E-state index contributed by atoms with van der Waals surface area (Å²) in [6.07, 6.45) is 0. The normalized spacial score (nSPS) is 9.76. The molecule has 2 N–H and O–H groups in total. The van der Waals surface area contributed by atoms with Crippen LogP contribution >= 0.6 is 15.9 Å². The Balaban J connectivity index is 2.26. The Labute approximate surface area is 129 Å². The quantitative estimate of drug-likeness (QED) is 0.893. The van der Waals surface area contributed by atoms with Crippen molar-refractivity contribution in [1.29, 1.82) is 5.26 Å². The van der Waals surface area contributed by atoms with E-state index in [1.165, 1.54) is 25.3 Å². The van der Waals surface area contributed by atoms with Crippen molar-refractivity contribution in [2.75, 3.05) is 12.4 Å². The first-order chi connectivity index (χ1) is 10.0. The van der Waals surface area contributed by atoms with Crippen LogP contribution in [0.3, 0.4) is 0 Å². The van der Waals surface area contributed by atoms with E-state index >= 15 is 0 Å². The lowest BCUT2D eigenvalue weighted by molar-refractivity contribution is 0.102. The number of methoxy groups -OCH3 is 1. The molecule has 0 radical (unpaired) electrons. The molecule has 0 saturated carbocycles. The molecule has 0 spiro atoms. The maximum Gasteiger partial charge on any atom is 0.255 e. The van der Waals surface area contributed by atoms with Gasteiger partial charge in [0.1, 0.15) is 6.07 Å². The van der Waals surface area contributed by atoms with Gasteiger partial charge in [0, 0.05) is 10.0 Å². The maximum atomic E-state index is 12.1. The highest BCUT2D eigenvalue weighted by Crippen LogP contribution is 2.27. The van der Waals surface area contributed by atoms with E-state index in [-0.39, 0.29) is 17.1 Å². The minimum absolute atomic E-state index is 0.124. The molecule has 2 rings (SSSR count). The Kier molecular flexibility index (Phi) is 4.45. The van der Waals surface area contributed by atoms with Crippen LogP contribution in [-0.4, -0.2) is 18.1 Å². The van der Waals surface area contributed by atoms with Gasteiger partial charge in [0.05, 0.1) is 18.4 Å². The minimum Gasteiger partial charge on any atom is -0.504 e. The van der Waals surface area contributed by atoms with Crippen molar-refractivity contribution < 1.29 is 14.6 Å². The number of phenols is 1. The fourth-order valence-electron chi connectivity index (χ4n) is 1.74. The summed E-state index contributed by atoms with van der Waals surface area (Å²) in [5.41, 5.74) is 1.01. The van der Waals surface area contributed by atoms with Gasteiger partial charge in [-0.2, -0.15) is 5.26 Å². The van der Waals surface area contributed by atoms with Crippen molar-refractivity contribution in [3.63, 3.8) is 0 Å². The van der Waals surface area contributed by atoms with E-state index in [9.17, 15) is 9.90 Å². The van der Waals surface area contributed by atoms with Crippen LogP contribution in [0.1, 0.15) is 15.9 Å². The number of aromatic hydroxyl groups is 1. The number of hydrogen-bond acceptors (Lipinski definition) is 4. The molecule has 21 heavy (non-hydrogen) atoms. The average Bonchev–Trinajstić information content (AvgIpc) is 2.48. The monoisotopic (exact) mass is 346 g/mol. The number of nitrogens with one attached hydrogen (secondary N) is 1. The Morgan fingerprint density at radius 1 is 1.33 bits per heavy atom. The smallest absolute Gasteiger partial charge is 0.255 e. The SMILES string of the molecule is COc1ccc(C(=O)Nc2ccc(Br)cc2C#N)cc1O. The summed E-state index contributed by atoms with van der Waals surface area (Å²) in [5.74, 6) is -0.263. The number of nitriles is 1. The number of carbonyl (C=O) groups is 1. The topological polar surface area (TPSA) is 82.3 Å². The molecule has 0 aliphatic rings. The second-order valence-electron chi connectivity index (χ2n) is 4.14. The van der Waals surface area contributed by atoms with Gasteiger partial charge in [0.2, 0.25) is 0 Å². The summed E-state index contributed by atoms with van der Waals surface area (Å²) in [6, 6.07) is 11.3. The van der Waals surface area contributed by atoms with Gasteiger partial charge in [-0.25, -0.2) is 0 Å². The van der Waals surface area contributed by atoms with Crippen LogP contribution in [0.2, 0.25) is 0 Å². The van der Waals surface area contributed by atoms with Crippen LogP contribution in [0.5, 0.6) is 11.5 Å². The van der Waals surface area contributed by atoms with E-state index in [2.05, 4.69) is 21.2 Å². The van der Waals surface area contributed by atoms with Crippen LogP contribution in [0.15, 0.2) is 40.9 Å². The molecule has 0 atom stereocenters. The standard InChI is InChI=1S/C15H11BrN2O3/c1-21-14-5-2-9(7-13(14)19)15(20)18-12-4-3-11(16)6-10(12)8-17/h2-7,19H,1H3,(H,18,20). The highest BCUT2D eigenvalue weighted by molar-refractivity contribution is 9.10. The van der Waals surface area contributed by atoms with Crippen molar-refractivity contribution >= 4 is 27.5 Å². The van der Waals surface area contributed by atoms with Crippen molar-refractivity contribution in [2.45, 2.75) is 0 Å². The fraction of sp³-hybridized carbons (Fsp3) is 0.0667. The number of anilines is 1.